The maximum absolute atomic E-state index is 6.97. The van der Waals surface area contributed by atoms with E-state index in [0.29, 0.717) is 5.02 Å². The highest BCUT2D eigenvalue weighted by Gasteiger charge is 2.22. The van der Waals surface area contributed by atoms with Crippen LogP contribution in [0.15, 0.2) is 84.2 Å². The van der Waals surface area contributed by atoms with E-state index in [4.69, 9.17) is 21.7 Å². The Bertz CT molecular complexity index is 1370. The van der Waals surface area contributed by atoms with Gasteiger partial charge in [0.1, 0.15) is 5.69 Å². The molecule has 0 bridgehead atoms. The van der Waals surface area contributed by atoms with E-state index in [-0.39, 0.29) is 0 Å². The average molecular weight is 442 g/mol. The van der Waals surface area contributed by atoms with E-state index in [1.807, 2.05) is 41.1 Å². The first kappa shape index (κ1) is 19.7. The van der Waals surface area contributed by atoms with Crippen LogP contribution in [0.5, 0.6) is 0 Å². The fourth-order valence-corrected chi connectivity index (χ4v) is 4.78. The molecule has 0 aliphatic carbocycles. The van der Waals surface area contributed by atoms with Crippen LogP contribution >= 0.6 is 22.9 Å². The summed E-state index contributed by atoms with van der Waals surface area (Å²) in [6.07, 6.45) is 0. The zero-order valence-corrected chi connectivity index (χ0v) is 18.8. The zero-order chi connectivity index (χ0) is 21.4. The standard InChI is InChI=1S/C26H20ClN3S/c1-17-8-6-12-20(14-17)24-23(27)25(21-13-7-9-18(2)15-21)30(29-24)26-28-22(16-31-26)19-10-4-3-5-11-19/h3-16H,1-2H3. The Morgan fingerprint density at radius 1 is 0.774 bits per heavy atom. The predicted octanol–water partition coefficient (Wildman–Crippen LogP) is 7.60. The van der Waals surface area contributed by atoms with Gasteiger partial charge in [-0.25, -0.2) is 9.67 Å². The fraction of sp³-hybridized carbons (Fsp3) is 0.0769. The summed E-state index contributed by atoms with van der Waals surface area (Å²) in [4.78, 5) is 4.89. The molecule has 2 aromatic heterocycles. The van der Waals surface area contributed by atoms with Crippen molar-refractivity contribution in [1.29, 1.82) is 0 Å². The van der Waals surface area contributed by atoms with Gasteiger partial charge in [0, 0.05) is 22.1 Å². The second-order valence-corrected chi connectivity index (χ2v) is 8.76. The van der Waals surface area contributed by atoms with Gasteiger partial charge in [0.2, 0.25) is 5.13 Å². The number of hydrogen-bond acceptors (Lipinski definition) is 3. The topological polar surface area (TPSA) is 30.7 Å². The monoisotopic (exact) mass is 441 g/mol. The Labute approximate surface area is 190 Å². The third-order valence-electron chi connectivity index (χ3n) is 5.15. The summed E-state index contributed by atoms with van der Waals surface area (Å²) < 4.78 is 1.88. The van der Waals surface area contributed by atoms with Crippen molar-refractivity contribution in [1.82, 2.24) is 14.8 Å². The number of thiazole rings is 1. The van der Waals surface area contributed by atoms with Crippen molar-refractivity contribution in [2.45, 2.75) is 13.8 Å². The third kappa shape index (κ3) is 3.80. The minimum Gasteiger partial charge on any atom is -0.218 e. The highest BCUT2D eigenvalue weighted by molar-refractivity contribution is 7.12. The summed E-state index contributed by atoms with van der Waals surface area (Å²) in [5, 5.41) is 8.42. The molecule has 0 aliphatic heterocycles. The second-order valence-electron chi connectivity index (χ2n) is 7.54. The van der Waals surface area contributed by atoms with Crippen molar-refractivity contribution in [2.24, 2.45) is 0 Å². The Morgan fingerprint density at radius 2 is 1.42 bits per heavy atom. The molecule has 5 heteroatoms. The Balaban J connectivity index is 1.71. The first-order valence-corrected chi connectivity index (χ1v) is 11.3. The van der Waals surface area contributed by atoms with Gasteiger partial charge in [-0.3, -0.25) is 0 Å². The lowest BCUT2D eigenvalue weighted by molar-refractivity contribution is 0.881. The largest absolute Gasteiger partial charge is 0.218 e. The number of nitrogens with zero attached hydrogens (tertiary/aromatic N) is 3. The molecule has 5 aromatic rings. The summed E-state index contributed by atoms with van der Waals surface area (Å²) >= 11 is 8.53. The van der Waals surface area contributed by atoms with Crippen molar-refractivity contribution in [3.8, 4) is 38.9 Å². The molecule has 152 valence electrons. The van der Waals surface area contributed by atoms with Crippen LogP contribution in [0, 0.1) is 13.8 Å². The zero-order valence-electron chi connectivity index (χ0n) is 17.2. The Morgan fingerprint density at radius 3 is 2.13 bits per heavy atom. The molecular formula is C26H20ClN3S. The number of hydrogen-bond donors (Lipinski definition) is 0. The molecule has 0 spiro atoms. The van der Waals surface area contributed by atoms with E-state index < -0.39 is 0 Å². The summed E-state index contributed by atoms with van der Waals surface area (Å²) in [6.45, 7) is 4.15. The maximum atomic E-state index is 6.97. The lowest BCUT2D eigenvalue weighted by atomic mass is 10.1. The average Bonchev–Trinajstić information content (AvgIpc) is 3.39. The number of aromatic nitrogens is 3. The molecule has 3 nitrogen and oxygen atoms in total. The molecule has 5 rings (SSSR count). The molecule has 0 saturated heterocycles. The van der Waals surface area contributed by atoms with Crippen molar-refractivity contribution in [3.05, 3.63) is 100 Å². The summed E-state index contributed by atoms with van der Waals surface area (Å²) in [5.74, 6) is 0. The summed E-state index contributed by atoms with van der Waals surface area (Å²) in [7, 11) is 0. The highest BCUT2D eigenvalue weighted by Crippen LogP contribution is 2.39. The molecule has 0 saturated carbocycles. The fourth-order valence-electron chi connectivity index (χ4n) is 3.66. The smallest absolute Gasteiger partial charge is 0.211 e. The molecule has 3 aromatic carbocycles. The van der Waals surface area contributed by atoms with Crippen molar-refractivity contribution < 1.29 is 0 Å². The van der Waals surface area contributed by atoms with Crippen LogP contribution in [0.3, 0.4) is 0 Å². The van der Waals surface area contributed by atoms with Gasteiger partial charge in [0.05, 0.1) is 16.4 Å². The predicted molar refractivity (Wildman–Crippen MR) is 130 cm³/mol. The second kappa shape index (κ2) is 8.14. The van der Waals surface area contributed by atoms with Gasteiger partial charge < -0.3 is 0 Å². The van der Waals surface area contributed by atoms with Gasteiger partial charge in [0.15, 0.2) is 0 Å². The number of aryl methyl sites for hydroxylation is 2. The first-order valence-electron chi connectivity index (χ1n) is 10.0. The van der Waals surface area contributed by atoms with Gasteiger partial charge >= 0.3 is 0 Å². The number of halogens is 1. The van der Waals surface area contributed by atoms with Gasteiger partial charge in [-0.05, 0) is 26.0 Å². The van der Waals surface area contributed by atoms with Crippen molar-refractivity contribution in [3.63, 3.8) is 0 Å². The van der Waals surface area contributed by atoms with E-state index in [1.165, 1.54) is 11.1 Å². The molecule has 0 atom stereocenters. The molecule has 0 aliphatic rings. The highest BCUT2D eigenvalue weighted by atomic mass is 35.5. The molecule has 0 unspecified atom stereocenters. The van der Waals surface area contributed by atoms with Gasteiger partial charge in [0.25, 0.3) is 0 Å². The van der Waals surface area contributed by atoms with Crippen LogP contribution in [0.25, 0.3) is 38.9 Å². The summed E-state index contributed by atoms with van der Waals surface area (Å²) in [6, 6.07) is 26.8. The maximum Gasteiger partial charge on any atom is 0.211 e. The van der Waals surface area contributed by atoms with Crippen LogP contribution in [0.2, 0.25) is 5.02 Å². The Hall–Kier alpha value is -3.21. The lowest BCUT2D eigenvalue weighted by Gasteiger charge is -2.06. The van der Waals surface area contributed by atoms with E-state index in [2.05, 4.69) is 61.7 Å². The molecule has 31 heavy (non-hydrogen) atoms. The summed E-state index contributed by atoms with van der Waals surface area (Å²) in [5.41, 5.74) is 7.99. The number of rotatable bonds is 4. The molecule has 0 fully saturated rings. The van der Waals surface area contributed by atoms with Gasteiger partial charge in [-0.15, -0.1) is 11.3 Å². The van der Waals surface area contributed by atoms with Crippen LogP contribution in [0.4, 0.5) is 0 Å². The van der Waals surface area contributed by atoms with E-state index >= 15 is 0 Å². The molecule has 0 N–H and O–H groups in total. The lowest BCUT2D eigenvalue weighted by Crippen LogP contribution is -1.99. The molecule has 0 radical (unpaired) electrons. The van der Waals surface area contributed by atoms with Crippen LogP contribution < -0.4 is 0 Å². The SMILES string of the molecule is Cc1cccc(-c2nn(-c3nc(-c4ccccc4)cs3)c(-c3cccc(C)c3)c2Cl)c1. The van der Waals surface area contributed by atoms with Crippen LogP contribution in [0.1, 0.15) is 11.1 Å². The normalized spacial score (nSPS) is 11.1. The number of benzene rings is 3. The van der Waals surface area contributed by atoms with Gasteiger partial charge in [-0.2, -0.15) is 5.10 Å². The van der Waals surface area contributed by atoms with E-state index in [1.54, 1.807) is 11.3 Å². The van der Waals surface area contributed by atoms with Gasteiger partial charge in [-0.1, -0.05) is 89.5 Å². The van der Waals surface area contributed by atoms with Crippen molar-refractivity contribution in [2.75, 3.05) is 0 Å². The third-order valence-corrected chi connectivity index (χ3v) is 6.33. The molecule has 0 amide bonds. The quantitative estimate of drug-likeness (QED) is 0.287. The van der Waals surface area contributed by atoms with Crippen molar-refractivity contribution >= 4 is 22.9 Å². The molecule has 2 heterocycles. The van der Waals surface area contributed by atoms with E-state index in [9.17, 15) is 0 Å². The minimum absolute atomic E-state index is 0.632. The van der Waals surface area contributed by atoms with E-state index in [0.717, 1.165) is 38.9 Å². The first-order chi connectivity index (χ1) is 15.1. The Kier molecular flexibility index (Phi) is 5.18. The molecular weight excluding hydrogens is 422 g/mol. The van der Waals surface area contributed by atoms with Crippen LogP contribution in [-0.2, 0) is 0 Å². The minimum atomic E-state index is 0.632. The van der Waals surface area contributed by atoms with Crippen LogP contribution in [-0.4, -0.2) is 14.8 Å².